The van der Waals surface area contributed by atoms with Gasteiger partial charge in [0.25, 0.3) is 0 Å². The number of aliphatic hydroxyl groups excluding tert-OH is 1. The Bertz CT molecular complexity index is 434. The van der Waals surface area contributed by atoms with Crippen LogP contribution in [0.2, 0.25) is 0 Å². The standard InChI is InChI=1S/C12H15F4NO.ClH/c1-11(2,6-18)10(17)7-4-3-5-8(9(7)13)12(14,15)16;/h3-5,10,18H,6,17H2,1-2H3;1H/t10-;/m0./s1. The van der Waals surface area contributed by atoms with E-state index in [1.165, 1.54) is 6.07 Å². The second-order valence-corrected chi connectivity index (χ2v) is 4.83. The molecule has 1 rings (SSSR count). The Balaban J connectivity index is 0.00000324. The summed E-state index contributed by atoms with van der Waals surface area (Å²) in [6, 6.07) is 1.95. The minimum absolute atomic E-state index is 0. The van der Waals surface area contributed by atoms with Crippen LogP contribution >= 0.6 is 12.4 Å². The molecule has 0 aromatic heterocycles. The number of rotatable bonds is 3. The van der Waals surface area contributed by atoms with E-state index in [0.29, 0.717) is 6.07 Å². The van der Waals surface area contributed by atoms with E-state index in [-0.39, 0.29) is 24.6 Å². The van der Waals surface area contributed by atoms with Crippen LogP contribution in [-0.2, 0) is 6.18 Å². The average molecular weight is 302 g/mol. The van der Waals surface area contributed by atoms with Crippen molar-refractivity contribution in [1.82, 2.24) is 0 Å². The molecule has 0 bridgehead atoms. The minimum atomic E-state index is -4.76. The molecule has 0 saturated heterocycles. The smallest absolute Gasteiger partial charge is 0.396 e. The van der Waals surface area contributed by atoms with Crippen LogP contribution in [0.5, 0.6) is 0 Å². The zero-order chi connectivity index (χ0) is 14.1. The van der Waals surface area contributed by atoms with E-state index >= 15 is 0 Å². The number of aliphatic hydroxyl groups is 1. The number of nitrogens with two attached hydrogens (primary N) is 1. The van der Waals surface area contributed by atoms with Gasteiger partial charge < -0.3 is 10.8 Å². The summed E-state index contributed by atoms with van der Waals surface area (Å²) < 4.78 is 51.4. The first-order valence-corrected chi connectivity index (χ1v) is 5.33. The fourth-order valence-corrected chi connectivity index (χ4v) is 1.53. The summed E-state index contributed by atoms with van der Waals surface area (Å²) in [4.78, 5) is 0. The van der Waals surface area contributed by atoms with Crippen LogP contribution in [0.1, 0.15) is 31.0 Å². The average Bonchev–Trinajstić information content (AvgIpc) is 2.27. The monoisotopic (exact) mass is 301 g/mol. The molecule has 1 aromatic carbocycles. The Labute approximate surface area is 115 Å². The third-order valence-corrected chi connectivity index (χ3v) is 2.92. The molecule has 0 aliphatic rings. The van der Waals surface area contributed by atoms with E-state index in [4.69, 9.17) is 10.8 Å². The number of halogens is 5. The lowest BCUT2D eigenvalue weighted by Crippen LogP contribution is -2.33. The van der Waals surface area contributed by atoms with Crippen LogP contribution < -0.4 is 5.73 Å². The molecule has 19 heavy (non-hydrogen) atoms. The molecule has 0 spiro atoms. The Hall–Kier alpha value is -0.850. The highest BCUT2D eigenvalue weighted by molar-refractivity contribution is 5.85. The summed E-state index contributed by atoms with van der Waals surface area (Å²) in [6.07, 6.45) is -4.76. The predicted octanol–water partition coefficient (Wildman–Crippen LogP) is 3.28. The van der Waals surface area contributed by atoms with Gasteiger partial charge in [-0.1, -0.05) is 26.0 Å². The van der Waals surface area contributed by atoms with E-state index in [9.17, 15) is 17.6 Å². The highest BCUT2D eigenvalue weighted by Gasteiger charge is 2.37. The molecule has 0 unspecified atom stereocenters. The van der Waals surface area contributed by atoms with Crippen molar-refractivity contribution in [2.75, 3.05) is 6.61 Å². The first-order valence-electron chi connectivity index (χ1n) is 5.33. The molecule has 1 aromatic rings. The maximum atomic E-state index is 13.8. The van der Waals surface area contributed by atoms with E-state index in [0.717, 1.165) is 6.07 Å². The molecule has 0 aliphatic heterocycles. The molecule has 7 heteroatoms. The van der Waals surface area contributed by atoms with Gasteiger partial charge in [-0.05, 0) is 6.07 Å². The van der Waals surface area contributed by atoms with Crippen molar-refractivity contribution >= 4 is 12.4 Å². The van der Waals surface area contributed by atoms with Gasteiger partial charge in [-0.3, -0.25) is 0 Å². The summed E-state index contributed by atoms with van der Waals surface area (Å²) in [6.45, 7) is 2.75. The Morgan fingerprint density at radius 3 is 2.21 bits per heavy atom. The lowest BCUT2D eigenvalue weighted by molar-refractivity contribution is -0.140. The van der Waals surface area contributed by atoms with Crippen LogP contribution in [0.25, 0.3) is 0 Å². The molecule has 2 nitrogen and oxygen atoms in total. The zero-order valence-corrected chi connectivity index (χ0v) is 11.3. The summed E-state index contributed by atoms with van der Waals surface area (Å²) in [7, 11) is 0. The number of hydrogen-bond acceptors (Lipinski definition) is 2. The van der Waals surface area contributed by atoms with Crippen molar-refractivity contribution in [2.24, 2.45) is 11.1 Å². The molecule has 110 valence electrons. The summed E-state index contributed by atoms with van der Waals surface area (Å²) in [5.74, 6) is -1.38. The van der Waals surface area contributed by atoms with Gasteiger partial charge in [0.1, 0.15) is 5.82 Å². The van der Waals surface area contributed by atoms with Gasteiger partial charge in [-0.15, -0.1) is 12.4 Å². The van der Waals surface area contributed by atoms with Gasteiger partial charge in [0, 0.05) is 23.6 Å². The lowest BCUT2D eigenvalue weighted by atomic mass is 9.81. The van der Waals surface area contributed by atoms with Crippen LogP contribution in [0.15, 0.2) is 18.2 Å². The summed E-state index contributed by atoms with van der Waals surface area (Å²) in [5.41, 5.74) is 3.23. The molecule has 1 atom stereocenters. The molecular weight excluding hydrogens is 286 g/mol. The third kappa shape index (κ3) is 3.81. The number of benzene rings is 1. The fraction of sp³-hybridized carbons (Fsp3) is 0.500. The second-order valence-electron chi connectivity index (χ2n) is 4.83. The Morgan fingerprint density at radius 2 is 1.79 bits per heavy atom. The maximum absolute atomic E-state index is 13.8. The van der Waals surface area contributed by atoms with Gasteiger partial charge >= 0.3 is 6.18 Å². The van der Waals surface area contributed by atoms with Gasteiger partial charge in [0.05, 0.1) is 5.56 Å². The molecule has 3 N–H and O–H groups in total. The molecule has 0 saturated carbocycles. The third-order valence-electron chi connectivity index (χ3n) is 2.92. The maximum Gasteiger partial charge on any atom is 0.419 e. The SMILES string of the molecule is CC(C)(CO)[C@@H](N)c1cccc(C(F)(F)F)c1F.Cl. The van der Waals surface area contributed by atoms with Crippen LogP contribution in [0.4, 0.5) is 17.6 Å². The molecule has 0 fully saturated rings. The van der Waals surface area contributed by atoms with Crippen LogP contribution in [0.3, 0.4) is 0 Å². The van der Waals surface area contributed by atoms with Gasteiger partial charge in [0.2, 0.25) is 0 Å². The van der Waals surface area contributed by atoms with Crippen molar-refractivity contribution in [3.8, 4) is 0 Å². The van der Waals surface area contributed by atoms with E-state index in [1.807, 2.05) is 0 Å². The topological polar surface area (TPSA) is 46.2 Å². The fourth-order valence-electron chi connectivity index (χ4n) is 1.53. The van der Waals surface area contributed by atoms with Crippen molar-refractivity contribution in [1.29, 1.82) is 0 Å². The summed E-state index contributed by atoms with van der Waals surface area (Å²) in [5, 5.41) is 9.12. The van der Waals surface area contributed by atoms with E-state index in [1.54, 1.807) is 13.8 Å². The molecule has 0 amide bonds. The number of hydrogen-bond donors (Lipinski definition) is 2. The zero-order valence-electron chi connectivity index (χ0n) is 10.5. The van der Waals surface area contributed by atoms with E-state index in [2.05, 4.69) is 0 Å². The highest BCUT2D eigenvalue weighted by atomic mass is 35.5. The first kappa shape index (κ1) is 18.1. The largest absolute Gasteiger partial charge is 0.419 e. The molecular formula is C12H16ClF4NO. The highest BCUT2D eigenvalue weighted by Crippen LogP contribution is 2.37. The minimum Gasteiger partial charge on any atom is -0.396 e. The van der Waals surface area contributed by atoms with Gasteiger partial charge in [-0.25, -0.2) is 4.39 Å². The quantitative estimate of drug-likeness (QED) is 0.842. The normalized spacial score (nSPS) is 13.9. The van der Waals surface area contributed by atoms with Gasteiger partial charge in [-0.2, -0.15) is 13.2 Å². The van der Waals surface area contributed by atoms with Crippen molar-refractivity contribution in [3.05, 3.63) is 35.1 Å². The van der Waals surface area contributed by atoms with Crippen molar-refractivity contribution in [2.45, 2.75) is 26.1 Å². The lowest BCUT2D eigenvalue weighted by Gasteiger charge is -2.30. The predicted molar refractivity (Wildman–Crippen MR) is 66.4 cm³/mol. The molecule has 0 radical (unpaired) electrons. The van der Waals surface area contributed by atoms with Crippen molar-refractivity contribution in [3.63, 3.8) is 0 Å². The first-order chi connectivity index (χ1) is 8.11. The number of alkyl halides is 3. The van der Waals surface area contributed by atoms with Crippen LogP contribution in [-0.4, -0.2) is 11.7 Å². The second kappa shape index (κ2) is 6.07. The van der Waals surface area contributed by atoms with E-state index < -0.39 is 29.0 Å². The molecule has 0 aliphatic carbocycles. The summed E-state index contributed by atoms with van der Waals surface area (Å²) >= 11 is 0. The molecule has 0 heterocycles. The van der Waals surface area contributed by atoms with Crippen molar-refractivity contribution < 1.29 is 22.7 Å². The van der Waals surface area contributed by atoms with Crippen LogP contribution in [0, 0.1) is 11.2 Å². The Kier molecular flexibility index (Phi) is 5.80. The Morgan fingerprint density at radius 1 is 1.26 bits per heavy atom. The van der Waals surface area contributed by atoms with Gasteiger partial charge in [0.15, 0.2) is 0 Å².